The van der Waals surface area contributed by atoms with Crippen molar-refractivity contribution in [2.75, 3.05) is 27.2 Å². The molecule has 5 nitrogen and oxygen atoms in total. The maximum Gasteiger partial charge on any atom is 0.193 e. The normalized spacial score (nSPS) is 11.0. The topological polar surface area (TPSA) is 49.8 Å². The molecule has 0 spiro atoms. The van der Waals surface area contributed by atoms with Crippen LogP contribution in [0.3, 0.4) is 0 Å². The molecular weight excluding hydrogens is 454 g/mol. The minimum Gasteiger partial charge on any atom is -0.494 e. The SMILES string of the molecule is CN=C(NCCCOc1ccc(F)cc1)N(C)Cc1csc(C)n1.I. The summed E-state index contributed by atoms with van der Waals surface area (Å²) < 4.78 is 18.4. The summed E-state index contributed by atoms with van der Waals surface area (Å²) in [7, 11) is 3.75. The lowest BCUT2D eigenvalue weighted by atomic mass is 10.3. The molecule has 1 aromatic heterocycles. The van der Waals surface area contributed by atoms with Gasteiger partial charge in [0, 0.05) is 26.0 Å². The summed E-state index contributed by atoms with van der Waals surface area (Å²) in [6.45, 7) is 4.03. The molecule has 1 heterocycles. The second-order valence-electron chi connectivity index (χ2n) is 5.34. The van der Waals surface area contributed by atoms with Crippen LogP contribution in [0, 0.1) is 12.7 Å². The molecule has 0 unspecified atom stereocenters. The number of halogens is 2. The van der Waals surface area contributed by atoms with Gasteiger partial charge in [-0.25, -0.2) is 9.37 Å². The van der Waals surface area contributed by atoms with E-state index in [4.69, 9.17) is 4.74 Å². The Balaban J connectivity index is 0.00000312. The van der Waals surface area contributed by atoms with Crippen molar-refractivity contribution in [3.05, 3.63) is 46.2 Å². The molecule has 0 fully saturated rings. The molecule has 0 aliphatic rings. The predicted octanol–water partition coefficient (Wildman–Crippen LogP) is 3.68. The minimum atomic E-state index is -0.258. The smallest absolute Gasteiger partial charge is 0.193 e. The van der Waals surface area contributed by atoms with Gasteiger partial charge in [0.05, 0.1) is 23.9 Å². The van der Waals surface area contributed by atoms with Gasteiger partial charge in [-0.3, -0.25) is 4.99 Å². The van der Waals surface area contributed by atoms with E-state index in [0.29, 0.717) is 12.4 Å². The van der Waals surface area contributed by atoms with Crippen LogP contribution < -0.4 is 10.1 Å². The van der Waals surface area contributed by atoms with Crippen molar-refractivity contribution in [1.29, 1.82) is 0 Å². The van der Waals surface area contributed by atoms with Crippen molar-refractivity contribution < 1.29 is 9.13 Å². The molecule has 0 atom stereocenters. The lowest BCUT2D eigenvalue weighted by Crippen LogP contribution is -2.39. The summed E-state index contributed by atoms with van der Waals surface area (Å²) in [5, 5.41) is 6.44. The highest BCUT2D eigenvalue weighted by Gasteiger charge is 2.08. The van der Waals surface area contributed by atoms with Gasteiger partial charge in [-0.2, -0.15) is 0 Å². The van der Waals surface area contributed by atoms with Crippen LogP contribution in [-0.2, 0) is 6.54 Å². The number of guanidine groups is 1. The van der Waals surface area contributed by atoms with Gasteiger partial charge in [-0.05, 0) is 37.6 Å². The largest absolute Gasteiger partial charge is 0.494 e. The summed E-state index contributed by atoms with van der Waals surface area (Å²) >= 11 is 1.65. The lowest BCUT2D eigenvalue weighted by molar-refractivity contribution is 0.309. The molecule has 0 amide bonds. The zero-order valence-corrected chi connectivity index (χ0v) is 17.8. The number of benzene rings is 1. The van der Waals surface area contributed by atoms with Gasteiger partial charge in [-0.1, -0.05) is 0 Å². The van der Waals surface area contributed by atoms with Crippen LogP contribution >= 0.6 is 35.3 Å². The fourth-order valence-electron chi connectivity index (χ4n) is 2.18. The molecule has 8 heteroatoms. The van der Waals surface area contributed by atoms with Crippen molar-refractivity contribution in [2.45, 2.75) is 19.9 Å². The molecule has 2 rings (SSSR count). The third-order valence-corrected chi connectivity index (χ3v) is 4.15. The summed E-state index contributed by atoms with van der Waals surface area (Å²) in [5.41, 5.74) is 1.04. The Bertz CT molecular complexity index is 663. The highest BCUT2D eigenvalue weighted by Crippen LogP contribution is 2.11. The Morgan fingerprint density at radius 1 is 1.36 bits per heavy atom. The molecule has 2 aromatic rings. The quantitative estimate of drug-likeness (QED) is 0.286. The Kier molecular flexibility index (Phi) is 9.73. The first kappa shape index (κ1) is 21.6. The van der Waals surface area contributed by atoms with Crippen molar-refractivity contribution >= 4 is 41.3 Å². The monoisotopic (exact) mass is 478 g/mol. The maximum absolute atomic E-state index is 12.8. The van der Waals surface area contributed by atoms with Crippen molar-refractivity contribution in [1.82, 2.24) is 15.2 Å². The maximum atomic E-state index is 12.8. The Morgan fingerprint density at radius 3 is 2.68 bits per heavy atom. The predicted molar refractivity (Wildman–Crippen MR) is 112 cm³/mol. The van der Waals surface area contributed by atoms with E-state index in [1.807, 2.05) is 18.9 Å². The van der Waals surface area contributed by atoms with Crippen LogP contribution in [0.5, 0.6) is 5.75 Å². The molecule has 138 valence electrons. The van der Waals surface area contributed by atoms with Gasteiger partial charge in [0.25, 0.3) is 0 Å². The summed E-state index contributed by atoms with van der Waals surface area (Å²) in [4.78, 5) is 10.8. The second kappa shape index (κ2) is 11.2. The van der Waals surface area contributed by atoms with Gasteiger partial charge >= 0.3 is 0 Å². The Hall–Kier alpha value is -1.42. The van der Waals surface area contributed by atoms with Crippen LogP contribution in [-0.4, -0.2) is 43.1 Å². The zero-order valence-electron chi connectivity index (χ0n) is 14.7. The van der Waals surface area contributed by atoms with Crippen LogP contribution in [0.2, 0.25) is 0 Å². The van der Waals surface area contributed by atoms with Crippen molar-refractivity contribution in [3.63, 3.8) is 0 Å². The van der Waals surface area contributed by atoms with E-state index < -0.39 is 0 Å². The first-order valence-electron chi connectivity index (χ1n) is 7.79. The van der Waals surface area contributed by atoms with E-state index in [2.05, 4.69) is 20.7 Å². The number of aromatic nitrogens is 1. The van der Waals surface area contributed by atoms with Gasteiger partial charge in [0.15, 0.2) is 5.96 Å². The van der Waals surface area contributed by atoms with E-state index in [1.165, 1.54) is 12.1 Å². The molecule has 0 bridgehead atoms. The fraction of sp³-hybridized carbons (Fsp3) is 0.412. The van der Waals surface area contributed by atoms with Crippen LogP contribution in [0.1, 0.15) is 17.1 Å². The van der Waals surface area contributed by atoms with Gasteiger partial charge in [0.1, 0.15) is 11.6 Å². The zero-order chi connectivity index (χ0) is 17.4. The lowest BCUT2D eigenvalue weighted by Gasteiger charge is -2.21. The first-order valence-corrected chi connectivity index (χ1v) is 8.67. The average molecular weight is 478 g/mol. The standard InChI is InChI=1S/C17H23FN4OS.HI/c1-13-21-15(12-24-13)11-22(3)17(19-2)20-9-4-10-23-16-7-5-14(18)6-8-16;/h5-8,12H,4,9-11H2,1-3H3,(H,19,20);1H. The first-order chi connectivity index (χ1) is 11.6. The number of hydrogen-bond acceptors (Lipinski definition) is 4. The molecule has 0 aliphatic heterocycles. The van der Waals surface area contributed by atoms with E-state index >= 15 is 0 Å². The Labute approximate surface area is 169 Å². The molecule has 1 N–H and O–H groups in total. The van der Waals surface area contributed by atoms with Gasteiger partial charge in [0.2, 0.25) is 0 Å². The number of aliphatic imine (C=N–C) groups is 1. The van der Waals surface area contributed by atoms with E-state index in [-0.39, 0.29) is 29.8 Å². The van der Waals surface area contributed by atoms with Crippen LogP contribution in [0.4, 0.5) is 4.39 Å². The number of aryl methyl sites for hydroxylation is 1. The molecular formula is C17H24FIN4OS. The number of rotatable bonds is 7. The van der Waals surface area contributed by atoms with Crippen molar-refractivity contribution in [2.24, 2.45) is 4.99 Å². The molecule has 0 saturated carbocycles. The second-order valence-corrected chi connectivity index (χ2v) is 6.41. The summed E-state index contributed by atoms with van der Waals surface area (Å²) in [6.07, 6.45) is 0.819. The highest BCUT2D eigenvalue weighted by molar-refractivity contribution is 14.0. The summed E-state index contributed by atoms with van der Waals surface area (Å²) in [5.74, 6) is 1.24. The van der Waals surface area contributed by atoms with E-state index in [1.54, 1.807) is 30.5 Å². The number of hydrogen-bond donors (Lipinski definition) is 1. The number of thiazole rings is 1. The Morgan fingerprint density at radius 2 is 2.08 bits per heavy atom. The molecule has 25 heavy (non-hydrogen) atoms. The summed E-state index contributed by atoms with van der Waals surface area (Å²) in [6, 6.07) is 6.05. The number of nitrogens with zero attached hydrogens (tertiary/aromatic N) is 3. The van der Waals surface area contributed by atoms with E-state index in [9.17, 15) is 4.39 Å². The fourth-order valence-corrected chi connectivity index (χ4v) is 2.78. The van der Waals surface area contributed by atoms with Gasteiger partial charge < -0.3 is 15.0 Å². The highest BCUT2D eigenvalue weighted by atomic mass is 127. The minimum absolute atomic E-state index is 0. The number of ether oxygens (including phenoxy) is 1. The van der Waals surface area contributed by atoms with Crippen molar-refractivity contribution in [3.8, 4) is 5.75 Å². The van der Waals surface area contributed by atoms with Crippen LogP contribution in [0.15, 0.2) is 34.6 Å². The average Bonchev–Trinajstić information content (AvgIpc) is 2.97. The molecule has 1 aromatic carbocycles. The van der Waals surface area contributed by atoms with E-state index in [0.717, 1.165) is 36.2 Å². The van der Waals surface area contributed by atoms with Crippen LogP contribution in [0.25, 0.3) is 0 Å². The van der Waals surface area contributed by atoms with Gasteiger partial charge in [-0.15, -0.1) is 35.3 Å². The molecule has 0 saturated heterocycles. The third kappa shape index (κ3) is 7.55. The number of nitrogens with one attached hydrogen (secondary N) is 1. The molecule has 0 aliphatic carbocycles. The molecule has 0 radical (unpaired) electrons. The third-order valence-electron chi connectivity index (χ3n) is 3.33.